The van der Waals surface area contributed by atoms with E-state index in [-0.39, 0.29) is 35.3 Å². The number of amides is 1. The number of aromatic nitrogens is 3. The number of hydrogen-bond donors (Lipinski definition) is 0. The van der Waals surface area contributed by atoms with Crippen LogP contribution in [0.2, 0.25) is 0 Å². The molecule has 2 aromatic carbocycles. The Morgan fingerprint density at radius 1 is 1.00 bits per heavy atom. The lowest BCUT2D eigenvalue weighted by Crippen LogP contribution is -2.50. The molecule has 1 amide bonds. The molecule has 0 aliphatic carbocycles. The smallest absolute Gasteiger partial charge is 0.263 e. The summed E-state index contributed by atoms with van der Waals surface area (Å²) >= 11 is 0. The minimum Gasteiger partial charge on any atom is -0.368 e. The van der Waals surface area contributed by atoms with Crippen molar-refractivity contribution in [3.63, 3.8) is 0 Å². The number of aryl methyl sites for hydroxylation is 1. The Morgan fingerprint density at radius 2 is 1.71 bits per heavy atom. The van der Waals surface area contributed by atoms with Crippen molar-refractivity contribution in [2.24, 2.45) is 0 Å². The molecule has 1 aliphatic heterocycles. The third-order valence-corrected chi connectivity index (χ3v) is 6.12. The Bertz CT molecular complexity index is 1390. The van der Waals surface area contributed by atoms with Gasteiger partial charge in [0.15, 0.2) is 0 Å². The molecule has 9 heteroatoms. The van der Waals surface area contributed by atoms with Gasteiger partial charge in [0.1, 0.15) is 17.9 Å². The van der Waals surface area contributed by atoms with Crippen LogP contribution in [-0.2, 0) is 11.3 Å². The summed E-state index contributed by atoms with van der Waals surface area (Å²) in [6, 6.07) is 17.3. The van der Waals surface area contributed by atoms with Gasteiger partial charge in [-0.1, -0.05) is 35.0 Å². The van der Waals surface area contributed by atoms with Crippen molar-refractivity contribution >= 4 is 11.6 Å². The van der Waals surface area contributed by atoms with Crippen molar-refractivity contribution in [1.29, 1.82) is 0 Å². The SMILES string of the molecule is Cc1ccc(-c2noc(-c3cccn(CC(=O)N4CCN(c5ccc(F)cc5)CC4)c3=O)n2)cc1. The number of hydrogen-bond acceptors (Lipinski definition) is 6. The summed E-state index contributed by atoms with van der Waals surface area (Å²) in [5, 5.41) is 4.00. The average Bonchev–Trinajstić information content (AvgIpc) is 3.36. The van der Waals surface area contributed by atoms with Gasteiger partial charge in [-0.25, -0.2) is 4.39 Å². The third kappa shape index (κ3) is 4.84. The molecule has 1 aliphatic rings. The van der Waals surface area contributed by atoms with Crippen LogP contribution in [0.25, 0.3) is 22.8 Å². The van der Waals surface area contributed by atoms with E-state index in [9.17, 15) is 14.0 Å². The molecular formula is C26H24FN5O3. The van der Waals surface area contributed by atoms with Crippen molar-refractivity contribution in [3.8, 4) is 22.8 Å². The maximum Gasteiger partial charge on any atom is 0.263 e. The van der Waals surface area contributed by atoms with Crippen LogP contribution < -0.4 is 10.5 Å². The Kier molecular flexibility index (Phi) is 6.13. The Balaban J connectivity index is 1.26. The summed E-state index contributed by atoms with van der Waals surface area (Å²) in [6.07, 6.45) is 1.58. The molecule has 3 heterocycles. The molecule has 0 N–H and O–H groups in total. The van der Waals surface area contributed by atoms with E-state index in [0.717, 1.165) is 16.8 Å². The highest BCUT2D eigenvalue weighted by Crippen LogP contribution is 2.21. The second-order valence-corrected chi connectivity index (χ2v) is 8.49. The van der Waals surface area contributed by atoms with Gasteiger partial charge in [-0.15, -0.1) is 0 Å². The van der Waals surface area contributed by atoms with E-state index in [1.807, 2.05) is 31.2 Å². The molecule has 1 saturated heterocycles. The molecule has 4 aromatic rings. The van der Waals surface area contributed by atoms with Crippen LogP contribution >= 0.6 is 0 Å². The molecule has 1 fully saturated rings. The normalized spacial score (nSPS) is 13.8. The van der Waals surface area contributed by atoms with Gasteiger partial charge in [0.2, 0.25) is 11.7 Å². The highest BCUT2D eigenvalue weighted by Gasteiger charge is 2.23. The predicted octanol–water partition coefficient (Wildman–Crippen LogP) is 3.36. The van der Waals surface area contributed by atoms with Crippen LogP contribution in [0.5, 0.6) is 0 Å². The summed E-state index contributed by atoms with van der Waals surface area (Å²) in [7, 11) is 0. The van der Waals surface area contributed by atoms with Crippen LogP contribution in [0, 0.1) is 12.7 Å². The quantitative estimate of drug-likeness (QED) is 0.442. The first-order chi connectivity index (χ1) is 17.0. The van der Waals surface area contributed by atoms with Crippen molar-refractivity contribution < 1.29 is 13.7 Å². The lowest BCUT2D eigenvalue weighted by atomic mass is 10.1. The fourth-order valence-electron chi connectivity index (χ4n) is 4.09. The zero-order valence-electron chi connectivity index (χ0n) is 19.2. The molecular weight excluding hydrogens is 449 g/mol. The molecule has 5 rings (SSSR count). The minimum atomic E-state index is -0.370. The number of pyridine rings is 1. The van der Waals surface area contributed by atoms with E-state index in [2.05, 4.69) is 15.0 Å². The highest BCUT2D eigenvalue weighted by atomic mass is 19.1. The van der Waals surface area contributed by atoms with Gasteiger partial charge in [0.05, 0.1) is 0 Å². The number of benzene rings is 2. The molecule has 178 valence electrons. The first kappa shape index (κ1) is 22.5. The van der Waals surface area contributed by atoms with Gasteiger partial charge >= 0.3 is 0 Å². The largest absolute Gasteiger partial charge is 0.368 e. The molecule has 0 radical (unpaired) electrons. The van der Waals surface area contributed by atoms with Crippen LogP contribution in [0.15, 0.2) is 76.2 Å². The maximum absolute atomic E-state index is 13.2. The second-order valence-electron chi connectivity index (χ2n) is 8.49. The fourth-order valence-corrected chi connectivity index (χ4v) is 4.09. The Morgan fingerprint density at radius 3 is 2.43 bits per heavy atom. The molecule has 0 bridgehead atoms. The van der Waals surface area contributed by atoms with E-state index in [0.29, 0.717) is 32.0 Å². The van der Waals surface area contributed by atoms with Crippen LogP contribution in [-0.4, -0.2) is 51.7 Å². The summed E-state index contributed by atoms with van der Waals surface area (Å²) in [4.78, 5) is 34.2. The van der Waals surface area contributed by atoms with Gasteiger partial charge in [-0.05, 0) is 43.3 Å². The van der Waals surface area contributed by atoms with E-state index in [4.69, 9.17) is 4.52 Å². The Labute approximate surface area is 201 Å². The van der Waals surface area contributed by atoms with E-state index < -0.39 is 0 Å². The lowest BCUT2D eigenvalue weighted by molar-refractivity contribution is -0.132. The van der Waals surface area contributed by atoms with Crippen molar-refractivity contribution in [3.05, 3.63) is 88.6 Å². The fraction of sp³-hybridized carbons (Fsp3) is 0.231. The number of carbonyl (C=O) groups excluding carboxylic acids is 1. The number of carbonyl (C=O) groups is 1. The average molecular weight is 474 g/mol. The Hall–Kier alpha value is -4.27. The molecule has 0 atom stereocenters. The number of rotatable bonds is 5. The van der Waals surface area contributed by atoms with Crippen LogP contribution in [0.3, 0.4) is 0 Å². The summed E-state index contributed by atoms with van der Waals surface area (Å²) in [6.45, 7) is 4.22. The van der Waals surface area contributed by atoms with Crippen molar-refractivity contribution in [2.45, 2.75) is 13.5 Å². The van der Waals surface area contributed by atoms with Gasteiger partial charge < -0.3 is 18.9 Å². The molecule has 2 aromatic heterocycles. The van der Waals surface area contributed by atoms with Gasteiger partial charge in [0.25, 0.3) is 11.4 Å². The van der Waals surface area contributed by atoms with Crippen molar-refractivity contribution in [2.75, 3.05) is 31.1 Å². The minimum absolute atomic E-state index is 0.0812. The standard InChI is InChI=1S/C26H24FN5O3/c1-18-4-6-19(7-5-18)24-28-25(35-29-24)22-3-2-12-32(26(22)34)17-23(33)31-15-13-30(14-16-31)21-10-8-20(27)9-11-21/h2-12H,13-17H2,1H3. The number of nitrogens with zero attached hydrogens (tertiary/aromatic N) is 5. The van der Waals surface area contributed by atoms with E-state index >= 15 is 0 Å². The molecule has 0 spiro atoms. The number of piperazine rings is 1. The topological polar surface area (TPSA) is 84.5 Å². The van der Waals surface area contributed by atoms with Gasteiger partial charge in [-0.3, -0.25) is 9.59 Å². The first-order valence-corrected chi connectivity index (χ1v) is 11.4. The van der Waals surface area contributed by atoms with Crippen molar-refractivity contribution in [1.82, 2.24) is 19.6 Å². The van der Waals surface area contributed by atoms with E-state index in [1.54, 1.807) is 35.4 Å². The summed E-state index contributed by atoms with van der Waals surface area (Å²) in [5.41, 5.74) is 2.70. The van der Waals surface area contributed by atoms with Gasteiger partial charge in [0, 0.05) is 43.6 Å². The summed E-state index contributed by atoms with van der Waals surface area (Å²) < 4.78 is 19.9. The van der Waals surface area contributed by atoms with Crippen LogP contribution in [0.4, 0.5) is 10.1 Å². The monoisotopic (exact) mass is 473 g/mol. The maximum atomic E-state index is 13.2. The van der Waals surface area contributed by atoms with Gasteiger partial charge in [-0.2, -0.15) is 4.98 Å². The molecule has 35 heavy (non-hydrogen) atoms. The third-order valence-electron chi connectivity index (χ3n) is 6.12. The first-order valence-electron chi connectivity index (χ1n) is 11.4. The van der Waals surface area contributed by atoms with E-state index in [1.165, 1.54) is 16.7 Å². The lowest BCUT2D eigenvalue weighted by Gasteiger charge is -2.36. The molecule has 8 nitrogen and oxygen atoms in total. The number of halogens is 1. The molecule has 0 unspecified atom stereocenters. The van der Waals surface area contributed by atoms with Crippen LogP contribution in [0.1, 0.15) is 5.56 Å². The second kappa shape index (κ2) is 9.54. The summed E-state index contributed by atoms with van der Waals surface area (Å²) in [5.74, 6) is 0.0845. The zero-order valence-corrected chi connectivity index (χ0v) is 19.2. The highest BCUT2D eigenvalue weighted by molar-refractivity contribution is 5.76. The predicted molar refractivity (Wildman–Crippen MR) is 129 cm³/mol. The number of anilines is 1. The zero-order chi connectivity index (χ0) is 24.4. The molecule has 0 saturated carbocycles.